The zero-order valence-electron chi connectivity index (χ0n) is 18.4. The molecule has 1 aromatic rings. The molecule has 2 fully saturated rings. The van der Waals surface area contributed by atoms with E-state index in [2.05, 4.69) is 35.7 Å². The fraction of sp³-hybridized carbons (Fsp3) is 0.625. The van der Waals surface area contributed by atoms with Crippen LogP contribution in [0.3, 0.4) is 0 Å². The summed E-state index contributed by atoms with van der Waals surface area (Å²) in [5.74, 6) is 2.12. The smallest absolute Gasteiger partial charge is 0.799 e. The second-order valence-corrected chi connectivity index (χ2v) is 11.9. The molecule has 1 N–H and O–H groups in total. The molecule has 2 bridgehead atoms. The molecule has 3 aliphatic rings. The van der Waals surface area contributed by atoms with Crippen LogP contribution in [0.4, 0.5) is 0 Å². The van der Waals surface area contributed by atoms with Gasteiger partial charge in [0.2, 0.25) is 5.91 Å². The van der Waals surface area contributed by atoms with Gasteiger partial charge in [-0.05, 0) is 93.1 Å². The van der Waals surface area contributed by atoms with Crippen LogP contribution in [0.1, 0.15) is 62.0 Å². The van der Waals surface area contributed by atoms with Crippen LogP contribution in [0, 0.1) is 17.8 Å². The Morgan fingerprint density at radius 1 is 1.20 bits per heavy atom. The van der Waals surface area contributed by atoms with E-state index in [1.165, 1.54) is 37.1 Å². The average Bonchev–Trinajstić information content (AvgIpc) is 3.38. The number of hydrogen-bond acceptors (Lipinski definition) is 3. The Balaban J connectivity index is 0.00000256. The van der Waals surface area contributed by atoms with Gasteiger partial charge in [-0.25, -0.2) is 0 Å². The van der Waals surface area contributed by atoms with Crippen molar-refractivity contribution in [3.8, 4) is 0 Å². The van der Waals surface area contributed by atoms with Crippen molar-refractivity contribution < 1.29 is 43.8 Å². The van der Waals surface area contributed by atoms with E-state index in [4.69, 9.17) is 0 Å². The number of unbranched alkanes of at least 4 members (excludes halogenated alkanes) is 1. The summed E-state index contributed by atoms with van der Waals surface area (Å²) in [7, 11) is -3.14. The van der Waals surface area contributed by atoms with Crippen molar-refractivity contribution in [2.45, 2.75) is 63.3 Å². The van der Waals surface area contributed by atoms with Gasteiger partial charge in [-0.2, -0.15) is 0 Å². The van der Waals surface area contributed by atoms with Crippen LogP contribution in [0.15, 0.2) is 36.4 Å². The van der Waals surface area contributed by atoms with Gasteiger partial charge in [-0.1, -0.05) is 36.4 Å². The third kappa shape index (κ3) is 5.70. The molecular formula is C24H33NNaO3P. The third-order valence-electron chi connectivity index (χ3n) is 7.36. The summed E-state index contributed by atoms with van der Waals surface area (Å²) in [4.78, 5) is 24.4. The standard InChI is InChI=1S/C24H34NO3P.Na/c1-29(27,28)15-7-3-2-4-10-21-18-11-12-19(16-18)23(21)25-24(26)22-14-13-17-8-5-6-9-20(17)22;/h2,4-6,8-9,18-19,21-23H,3,7,10-16H2,1H3,(H,25,26)(H,27,28);/q;+1/p-1/b4-2-;/t18-,19?,21?,22?,23?;/m0./s1. The summed E-state index contributed by atoms with van der Waals surface area (Å²) in [6.45, 7) is 1.32. The van der Waals surface area contributed by atoms with Gasteiger partial charge in [0.1, 0.15) is 0 Å². The van der Waals surface area contributed by atoms with Crippen molar-refractivity contribution in [1.82, 2.24) is 5.32 Å². The van der Waals surface area contributed by atoms with Gasteiger partial charge in [0.05, 0.1) is 5.92 Å². The molecule has 158 valence electrons. The first kappa shape index (κ1) is 24.3. The number of amides is 1. The number of aryl methyl sites for hydroxylation is 1. The molecule has 3 aliphatic carbocycles. The van der Waals surface area contributed by atoms with Gasteiger partial charge < -0.3 is 14.8 Å². The molecule has 1 amide bonds. The fourth-order valence-corrected chi connectivity index (χ4v) is 6.69. The molecule has 4 rings (SSSR count). The zero-order chi connectivity index (χ0) is 20.4. The molecule has 0 radical (unpaired) electrons. The molecule has 0 heterocycles. The molecule has 1 aromatic carbocycles. The minimum atomic E-state index is -3.14. The van der Waals surface area contributed by atoms with Crippen LogP contribution in [0.2, 0.25) is 0 Å². The molecule has 0 saturated heterocycles. The van der Waals surface area contributed by atoms with Crippen molar-refractivity contribution in [3.63, 3.8) is 0 Å². The Labute approximate surface area is 203 Å². The maximum atomic E-state index is 13.1. The van der Waals surface area contributed by atoms with E-state index in [1.807, 2.05) is 6.07 Å². The molecule has 30 heavy (non-hydrogen) atoms. The SMILES string of the molecule is CP(=O)([O-])CCC/C=C\CC1C(NC(=O)C2CCc3ccccc32)C2CC[C@H]1C2.[Na+]. The normalized spacial score (nSPS) is 31.3. The number of carbonyl (C=O) groups is 1. The van der Waals surface area contributed by atoms with Crippen LogP contribution >= 0.6 is 7.37 Å². The monoisotopic (exact) mass is 437 g/mol. The topological polar surface area (TPSA) is 69.2 Å². The van der Waals surface area contributed by atoms with E-state index in [-0.39, 0.29) is 47.5 Å². The van der Waals surface area contributed by atoms with Gasteiger partial charge >= 0.3 is 29.6 Å². The summed E-state index contributed by atoms with van der Waals surface area (Å²) < 4.78 is 11.3. The summed E-state index contributed by atoms with van der Waals surface area (Å²) in [5.41, 5.74) is 2.55. The van der Waals surface area contributed by atoms with Crippen molar-refractivity contribution >= 4 is 13.3 Å². The van der Waals surface area contributed by atoms with Crippen LogP contribution in [-0.4, -0.2) is 24.8 Å². The van der Waals surface area contributed by atoms with Gasteiger partial charge in [0, 0.05) is 13.4 Å². The summed E-state index contributed by atoms with van der Waals surface area (Å²) >= 11 is 0. The first-order valence-corrected chi connectivity index (χ1v) is 13.5. The number of benzene rings is 1. The summed E-state index contributed by atoms with van der Waals surface area (Å²) in [6.07, 6.45) is 12.9. The van der Waals surface area contributed by atoms with E-state index in [0.29, 0.717) is 24.3 Å². The molecule has 0 aromatic heterocycles. The molecule has 5 unspecified atom stereocenters. The Kier molecular flexibility index (Phi) is 8.49. The molecule has 2 saturated carbocycles. The van der Waals surface area contributed by atoms with Crippen molar-refractivity contribution in [3.05, 3.63) is 47.5 Å². The van der Waals surface area contributed by atoms with E-state index < -0.39 is 7.37 Å². The Bertz CT molecular complexity index is 820. The average molecular weight is 437 g/mol. The van der Waals surface area contributed by atoms with Gasteiger partial charge in [0.25, 0.3) is 0 Å². The number of allylic oxidation sites excluding steroid dienone is 2. The van der Waals surface area contributed by atoms with Gasteiger partial charge in [0.15, 0.2) is 0 Å². The Hall–Kier alpha value is -0.380. The van der Waals surface area contributed by atoms with E-state index in [1.54, 1.807) is 0 Å². The fourth-order valence-electron chi connectivity index (χ4n) is 5.94. The zero-order valence-corrected chi connectivity index (χ0v) is 21.3. The van der Waals surface area contributed by atoms with Crippen LogP contribution in [0.25, 0.3) is 0 Å². The van der Waals surface area contributed by atoms with Crippen molar-refractivity contribution in [2.24, 2.45) is 17.8 Å². The second-order valence-electron chi connectivity index (χ2n) is 9.41. The van der Waals surface area contributed by atoms with E-state index >= 15 is 0 Å². The Morgan fingerprint density at radius 3 is 2.77 bits per heavy atom. The predicted molar refractivity (Wildman–Crippen MR) is 115 cm³/mol. The molecule has 0 spiro atoms. The molecule has 0 aliphatic heterocycles. The number of carbonyl (C=O) groups excluding carboxylic acids is 1. The quantitative estimate of drug-likeness (QED) is 0.288. The molecule has 6 heteroatoms. The van der Waals surface area contributed by atoms with Crippen LogP contribution in [0.5, 0.6) is 0 Å². The van der Waals surface area contributed by atoms with Crippen LogP contribution < -0.4 is 39.8 Å². The van der Waals surface area contributed by atoms with Crippen LogP contribution in [-0.2, 0) is 15.8 Å². The maximum Gasteiger partial charge on any atom is 1.00 e. The first-order chi connectivity index (χ1) is 13.9. The number of hydrogen-bond donors (Lipinski definition) is 1. The Morgan fingerprint density at radius 2 is 1.97 bits per heavy atom. The number of nitrogens with one attached hydrogen (secondary N) is 1. The van der Waals surface area contributed by atoms with Gasteiger partial charge in [-0.3, -0.25) is 4.79 Å². The molecule has 4 nitrogen and oxygen atoms in total. The second kappa shape index (κ2) is 10.5. The van der Waals surface area contributed by atoms with Crippen molar-refractivity contribution in [2.75, 3.05) is 12.8 Å². The summed E-state index contributed by atoms with van der Waals surface area (Å²) in [5, 5.41) is 3.46. The van der Waals surface area contributed by atoms with E-state index in [0.717, 1.165) is 31.6 Å². The predicted octanol–water partition coefficient (Wildman–Crippen LogP) is 1.25. The number of fused-ring (bicyclic) bond motifs is 3. The molecular weight excluding hydrogens is 404 g/mol. The van der Waals surface area contributed by atoms with Gasteiger partial charge in [-0.15, -0.1) is 0 Å². The van der Waals surface area contributed by atoms with E-state index in [9.17, 15) is 14.3 Å². The largest absolute Gasteiger partial charge is 1.00 e. The maximum absolute atomic E-state index is 13.1. The van der Waals surface area contributed by atoms with Crippen molar-refractivity contribution in [1.29, 1.82) is 0 Å². The number of rotatable bonds is 8. The minimum absolute atomic E-state index is 0. The molecule has 6 atom stereocenters. The first-order valence-electron chi connectivity index (χ1n) is 11.2. The third-order valence-corrected chi connectivity index (χ3v) is 8.49. The summed E-state index contributed by atoms with van der Waals surface area (Å²) in [6, 6.07) is 8.67. The minimum Gasteiger partial charge on any atom is -0.799 e.